The van der Waals surface area contributed by atoms with E-state index in [9.17, 15) is 5.11 Å². The molecular formula is C17H21NOS. The maximum Gasteiger partial charge on any atom is 0.142 e. The van der Waals surface area contributed by atoms with Crippen LogP contribution in [0.15, 0.2) is 18.2 Å². The lowest BCUT2D eigenvalue weighted by Crippen LogP contribution is -2.17. The van der Waals surface area contributed by atoms with E-state index < -0.39 is 6.23 Å². The predicted octanol–water partition coefficient (Wildman–Crippen LogP) is 3.68. The minimum absolute atomic E-state index is 0.500. The number of hydrogen-bond donors (Lipinski definition) is 1. The minimum Gasteiger partial charge on any atom is -0.373 e. The summed E-state index contributed by atoms with van der Waals surface area (Å²) in [4.78, 5) is 4.25. The van der Waals surface area contributed by atoms with Crippen LogP contribution in [0.5, 0.6) is 0 Å². The van der Waals surface area contributed by atoms with Gasteiger partial charge in [0.15, 0.2) is 0 Å². The van der Waals surface area contributed by atoms with Crippen molar-refractivity contribution >= 4 is 11.3 Å². The number of aliphatic hydroxyl groups is 1. The van der Waals surface area contributed by atoms with E-state index >= 15 is 0 Å². The molecule has 0 saturated carbocycles. The van der Waals surface area contributed by atoms with Crippen molar-refractivity contribution in [1.82, 2.24) is 4.90 Å². The molecule has 1 N–H and O–H groups in total. The van der Waals surface area contributed by atoms with Gasteiger partial charge in [0.05, 0.1) is 0 Å². The minimum atomic E-state index is -0.500. The van der Waals surface area contributed by atoms with Crippen molar-refractivity contribution in [2.45, 2.75) is 32.9 Å². The van der Waals surface area contributed by atoms with Crippen molar-refractivity contribution in [3.05, 3.63) is 45.3 Å². The summed E-state index contributed by atoms with van der Waals surface area (Å²) in [6.07, 6.45) is 1.70. The van der Waals surface area contributed by atoms with Crippen LogP contribution in [0.3, 0.4) is 0 Å². The Balaban J connectivity index is 2.12. The van der Waals surface area contributed by atoms with Crippen LogP contribution in [-0.2, 0) is 12.8 Å². The molecule has 1 aliphatic carbocycles. The van der Waals surface area contributed by atoms with Crippen molar-refractivity contribution in [2.24, 2.45) is 0 Å². The quantitative estimate of drug-likeness (QED) is 0.852. The molecule has 1 unspecified atom stereocenters. The molecule has 0 radical (unpaired) electrons. The van der Waals surface area contributed by atoms with Crippen LogP contribution in [0.2, 0.25) is 0 Å². The summed E-state index contributed by atoms with van der Waals surface area (Å²) in [5, 5.41) is 10.2. The Labute approximate surface area is 124 Å². The van der Waals surface area contributed by atoms with Crippen LogP contribution in [0, 0.1) is 13.8 Å². The average molecular weight is 287 g/mol. The number of aryl methyl sites for hydroxylation is 3. The molecule has 0 fully saturated rings. The van der Waals surface area contributed by atoms with Crippen LogP contribution in [0.4, 0.5) is 0 Å². The van der Waals surface area contributed by atoms with E-state index in [-0.39, 0.29) is 0 Å². The van der Waals surface area contributed by atoms with Gasteiger partial charge in [-0.2, -0.15) is 0 Å². The van der Waals surface area contributed by atoms with E-state index in [4.69, 9.17) is 0 Å². The molecule has 1 aliphatic rings. The molecule has 1 aromatic heterocycles. The normalized spacial score (nSPS) is 15.1. The molecule has 1 aromatic carbocycles. The van der Waals surface area contributed by atoms with Crippen molar-refractivity contribution in [1.29, 1.82) is 0 Å². The summed E-state index contributed by atoms with van der Waals surface area (Å²) in [5.41, 5.74) is 6.97. The topological polar surface area (TPSA) is 23.5 Å². The van der Waals surface area contributed by atoms with Crippen LogP contribution >= 0.6 is 11.3 Å². The molecule has 1 heterocycles. The highest BCUT2D eigenvalue weighted by Crippen LogP contribution is 2.42. The Bertz CT molecular complexity index is 657. The number of hydrogen-bond acceptors (Lipinski definition) is 3. The van der Waals surface area contributed by atoms with Gasteiger partial charge in [0.2, 0.25) is 0 Å². The van der Waals surface area contributed by atoms with Gasteiger partial charge in [0, 0.05) is 9.75 Å². The largest absolute Gasteiger partial charge is 0.373 e. The first-order chi connectivity index (χ1) is 9.47. The molecule has 3 heteroatoms. The first-order valence-electron chi connectivity index (χ1n) is 7.05. The summed E-state index contributed by atoms with van der Waals surface area (Å²) >= 11 is 1.74. The van der Waals surface area contributed by atoms with E-state index in [0.29, 0.717) is 0 Å². The fourth-order valence-corrected chi connectivity index (χ4v) is 4.37. The molecule has 0 aliphatic heterocycles. The zero-order chi connectivity index (χ0) is 14.4. The molecule has 2 aromatic rings. The van der Waals surface area contributed by atoms with Gasteiger partial charge in [0.1, 0.15) is 6.23 Å². The summed E-state index contributed by atoms with van der Waals surface area (Å²) < 4.78 is 0. The molecule has 106 valence electrons. The maximum absolute atomic E-state index is 10.2. The van der Waals surface area contributed by atoms with E-state index in [0.717, 1.165) is 17.7 Å². The molecule has 0 bridgehead atoms. The second-order valence-corrected chi connectivity index (χ2v) is 7.03. The number of fused-ring (bicyclic) bond motifs is 3. The predicted molar refractivity (Wildman–Crippen MR) is 85.3 cm³/mol. The van der Waals surface area contributed by atoms with E-state index in [1.165, 1.54) is 32.7 Å². The van der Waals surface area contributed by atoms with Crippen molar-refractivity contribution in [2.75, 3.05) is 14.1 Å². The summed E-state index contributed by atoms with van der Waals surface area (Å²) in [6.45, 7) is 4.37. The first kappa shape index (κ1) is 13.8. The van der Waals surface area contributed by atoms with Gasteiger partial charge in [-0.15, -0.1) is 11.3 Å². The Morgan fingerprint density at radius 2 is 1.90 bits per heavy atom. The van der Waals surface area contributed by atoms with E-state index in [1.807, 2.05) is 19.0 Å². The number of nitrogens with zero attached hydrogens (tertiary/aromatic N) is 1. The van der Waals surface area contributed by atoms with Gasteiger partial charge in [-0.3, -0.25) is 4.90 Å². The van der Waals surface area contributed by atoms with Crippen LogP contribution in [0.1, 0.15) is 33.4 Å². The highest BCUT2D eigenvalue weighted by molar-refractivity contribution is 7.15. The second kappa shape index (κ2) is 4.99. The molecule has 0 spiro atoms. The first-order valence-corrected chi connectivity index (χ1v) is 7.86. The summed E-state index contributed by atoms with van der Waals surface area (Å²) in [6, 6.07) is 6.75. The summed E-state index contributed by atoms with van der Waals surface area (Å²) in [5.74, 6) is 0. The molecule has 0 amide bonds. The maximum atomic E-state index is 10.2. The number of rotatable bonds is 2. The molecule has 1 atom stereocenters. The zero-order valence-electron chi connectivity index (χ0n) is 12.5. The standard InChI is InChI=1S/C17H21NOS/c1-10-7-11(2)13-6-5-12-9-15(17(19)18(3)4)20-16(12)14(13)8-10/h7-9,17,19H,5-6H2,1-4H3. The van der Waals surface area contributed by atoms with Gasteiger partial charge in [-0.05, 0) is 69.1 Å². The Kier molecular flexibility index (Phi) is 3.44. The molecule has 20 heavy (non-hydrogen) atoms. The highest BCUT2D eigenvalue weighted by Gasteiger charge is 2.23. The van der Waals surface area contributed by atoms with Crippen molar-refractivity contribution in [3.63, 3.8) is 0 Å². The van der Waals surface area contributed by atoms with Gasteiger partial charge in [0.25, 0.3) is 0 Å². The SMILES string of the molecule is Cc1cc(C)c2c(c1)-c1sc(C(O)N(C)C)cc1CC2. The Morgan fingerprint density at radius 3 is 2.60 bits per heavy atom. The number of aliphatic hydroxyl groups excluding tert-OH is 1. The van der Waals surface area contributed by atoms with Crippen LogP contribution < -0.4 is 0 Å². The average Bonchev–Trinajstić information content (AvgIpc) is 2.81. The van der Waals surface area contributed by atoms with Crippen LogP contribution in [-0.4, -0.2) is 24.1 Å². The van der Waals surface area contributed by atoms with Crippen molar-refractivity contribution < 1.29 is 5.11 Å². The van der Waals surface area contributed by atoms with E-state index in [2.05, 4.69) is 32.0 Å². The number of benzene rings is 1. The van der Waals surface area contributed by atoms with Gasteiger partial charge in [-0.25, -0.2) is 0 Å². The Morgan fingerprint density at radius 1 is 1.15 bits per heavy atom. The second-order valence-electron chi connectivity index (χ2n) is 5.95. The molecule has 3 rings (SSSR count). The van der Waals surface area contributed by atoms with Crippen LogP contribution in [0.25, 0.3) is 10.4 Å². The molecular weight excluding hydrogens is 266 g/mol. The third kappa shape index (κ3) is 2.20. The Hall–Kier alpha value is -1.16. The third-order valence-electron chi connectivity index (χ3n) is 4.08. The van der Waals surface area contributed by atoms with Gasteiger partial charge >= 0.3 is 0 Å². The fourth-order valence-electron chi connectivity index (χ4n) is 3.04. The van der Waals surface area contributed by atoms with E-state index in [1.54, 1.807) is 11.3 Å². The summed E-state index contributed by atoms with van der Waals surface area (Å²) in [7, 11) is 3.82. The lowest BCUT2D eigenvalue weighted by Gasteiger charge is -2.19. The third-order valence-corrected chi connectivity index (χ3v) is 5.33. The monoisotopic (exact) mass is 287 g/mol. The lowest BCUT2D eigenvalue weighted by atomic mass is 9.87. The highest BCUT2D eigenvalue weighted by atomic mass is 32.1. The van der Waals surface area contributed by atoms with Gasteiger partial charge < -0.3 is 5.11 Å². The smallest absolute Gasteiger partial charge is 0.142 e. The zero-order valence-corrected chi connectivity index (χ0v) is 13.3. The lowest BCUT2D eigenvalue weighted by molar-refractivity contribution is 0.0427. The fraction of sp³-hybridized carbons (Fsp3) is 0.412. The van der Waals surface area contributed by atoms with Gasteiger partial charge in [-0.1, -0.05) is 17.7 Å². The molecule has 0 saturated heterocycles. The van der Waals surface area contributed by atoms with Crippen molar-refractivity contribution in [3.8, 4) is 10.4 Å². The molecule has 2 nitrogen and oxygen atoms in total. The number of thiophene rings is 1.